The molecular formula is C80H56F3N15O9. The molecule has 8 aromatic heterocycles. The number of nitriles is 2. The Balaban J connectivity index is 0.000000126. The van der Waals surface area contributed by atoms with Crippen molar-refractivity contribution in [2.24, 2.45) is 0 Å². The summed E-state index contributed by atoms with van der Waals surface area (Å²) in [6, 6.07) is 68.5. The van der Waals surface area contributed by atoms with Gasteiger partial charge in [0.25, 0.3) is 0 Å². The molecule has 8 heterocycles. The zero-order valence-electron chi connectivity index (χ0n) is 56.0. The Morgan fingerprint density at radius 2 is 0.748 bits per heavy atom. The SMILES string of the molecule is FC(F)(F)Oc1ccc(COc2cccc3onc(Nc4cccnc4)c23)cc1.N#Cc1ccc(COc2cccc3onc(Nc4cccnc4)c23)cc1.N#Cc1cccc(COc2cccc3onc(Nc4cccnc4)c23)c1.[C-]#[N+]c1ccccc1COc1cccc2onc(Nc3cccnc3)c12. The average molecular weight is 1430 g/mol. The highest BCUT2D eigenvalue weighted by atomic mass is 19.4. The Kier molecular flexibility index (Phi) is 22.2. The van der Waals surface area contributed by atoms with Crippen LogP contribution in [0.5, 0.6) is 28.7 Å². The van der Waals surface area contributed by atoms with Gasteiger partial charge in [-0.25, -0.2) is 4.85 Å². The fraction of sp³-hybridized carbons (Fsp3) is 0.0625. The number of ether oxygens (including phenoxy) is 5. The largest absolute Gasteiger partial charge is 0.573 e. The molecule has 0 spiro atoms. The maximum atomic E-state index is 12.3. The summed E-state index contributed by atoms with van der Waals surface area (Å²) in [6.45, 7) is 8.41. The first-order valence-corrected chi connectivity index (χ1v) is 32.5. The van der Waals surface area contributed by atoms with Gasteiger partial charge in [-0.15, -0.1) is 13.2 Å². The minimum atomic E-state index is -4.72. The number of hydrogen-bond acceptors (Lipinski definition) is 23. The minimum absolute atomic E-state index is 0.142. The van der Waals surface area contributed by atoms with E-state index in [0.717, 1.165) is 55.6 Å². The quantitative estimate of drug-likeness (QED) is 0.0486. The molecule has 0 bridgehead atoms. The second kappa shape index (κ2) is 33.9. The van der Waals surface area contributed by atoms with Gasteiger partial charge in [0.15, 0.2) is 51.3 Å². The van der Waals surface area contributed by atoms with Crippen LogP contribution in [0.4, 0.5) is 64.9 Å². The Hall–Kier alpha value is -15.3. The molecule has 4 N–H and O–H groups in total. The van der Waals surface area contributed by atoms with Gasteiger partial charge in [-0.2, -0.15) is 10.5 Å². The third-order valence-corrected chi connectivity index (χ3v) is 15.5. The van der Waals surface area contributed by atoms with Crippen molar-refractivity contribution < 1.29 is 54.9 Å². The van der Waals surface area contributed by atoms with Crippen molar-refractivity contribution in [2.75, 3.05) is 21.3 Å². The van der Waals surface area contributed by atoms with E-state index in [4.69, 9.17) is 54.1 Å². The lowest BCUT2D eigenvalue weighted by Crippen LogP contribution is -2.17. The molecule has 16 aromatic rings. The molecule has 8 aromatic carbocycles. The number of rotatable bonds is 21. The van der Waals surface area contributed by atoms with Crippen LogP contribution in [0.15, 0.2) is 286 Å². The smallest absolute Gasteiger partial charge is 0.489 e. The first kappa shape index (κ1) is 70.1. The molecule has 0 radical (unpaired) electrons. The normalized spacial score (nSPS) is 10.7. The van der Waals surface area contributed by atoms with Crippen molar-refractivity contribution >= 4 is 95.6 Å². The van der Waals surface area contributed by atoms with Crippen LogP contribution in [0.1, 0.15) is 33.4 Å². The Bertz CT molecular complexity index is 5760. The van der Waals surface area contributed by atoms with Gasteiger partial charge in [-0.3, -0.25) is 19.9 Å². The van der Waals surface area contributed by atoms with Gasteiger partial charge in [0.1, 0.15) is 76.7 Å². The molecule has 0 fully saturated rings. The number of aromatic nitrogens is 8. The lowest BCUT2D eigenvalue weighted by Gasteiger charge is -2.11. The van der Waals surface area contributed by atoms with E-state index in [9.17, 15) is 13.2 Å². The second-order valence-corrected chi connectivity index (χ2v) is 22.8. The van der Waals surface area contributed by atoms with Crippen LogP contribution in [-0.4, -0.2) is 46.9 Å². The van der Waals surface area contributed by atoms with E-state index < -0.39 is 6.36 Å². The van der Waals surface area contributed by atoms with Crippen molar-refractivity contribution in [3.63, 3.8) is 0 Å². The molecule has 0 aliphatic heterocycles. The van der Waals surface area contributed by atoms with Gasteiger partial charge in [0.2, 0.25) is 0 Å². The lowest BCUT2D eigenvalue weighted by molar-refractivity contribution is -0.274. The molecule has 0 saturated carbocycles. The minimum Gasteiger partial charge on any atom is -0.489 e. The van der Waals surface area contributed by atoms with Gasteiger partial charge in [-0.1, -0.05) is 106 Å². The van der Waals surface area contributed by atoms with E-state index >= 15 is 0 Å². The predicted molar refractivity (Wildman–Crippen MR) is 392 cm³/mol. The third-order valence-electron chi connectivity index (χ3n) is 15.5. The highest BCUT2D eigenvalue weighted by molar-refractivity contribution is 5.98. The number of para-hydroxylation sites is 1. The molecule has 24 nitrogen and oxygen atoms in total. The van der Waals surface area contributed by atoms with Crippen LogP contribution < -0.4 is 45.0 Å². The fourth-order valence-electron chi connectivity index (χ4n) is 10.5. The summed E-state index contributed by atoms with van der Waals surface area (Å²) in [7, 11) is 0. The summed E-state index contributed by atoms with van der Waals surface area (Å²) in [4.78, 5) is 19.8. The van der Waals surface area contributed by atoms with Crippen LogP contribution in [0, 0.1) is 29.2 Å². The van der Waals surface area contributed by atoms with Crippen molar-refractivity contribution in [3.05, 3.63) is 313 Å². The number of nitrogens with zero attached hydrogens (tertiary/aromatic N) is 11. The lowest BCUT2D eigenvalue weighted by atomic mass is 10.1. The molecule has 526 valence electrons. The molecule has 0 aliphatic carbocycles. The van der Waals surface area contributed by atoms with Gasteiger partial charge >= 0.3 is 6.36 Å². The van der Waals surface area contributed by atoms with E-state index in [1.54, 1.807) is 98.1 Å². The van der Waals surface area contributed by atoms with E-state index in [-0.39, 0.29) is 19.0 Å². The summed E-state index contributed by atoms with van der Waals surface area (Å²) in [6.07, 6.45) is 8.82. The van der Waals surface area contributed by atoms with Gasteiger partial charge in [0, 0.05) is 24.8 Å². The van der Waals surface area contributed by atoms with Crippen molar-refractivity contribution in [3.8, 4) is 40.9 Å². The zero-order valence-corrected chi connectivity index (χ0v) is 56.0. The topological polar surface area (TPSA) is 302 Å². The Labute approximate surface area is 606 Å². The highest BCUT2D eigenvalue weighted by Gasteiger charge is 2.31. The number of fused-ring (bicyclic) bond motifs is 4. The molecular weight excluding hydrogens is 1370 g/mol. The van der Waals surface area contributed by atoms with Crippen LogP contribution in [-0.2, 0) is 26.4 Å². The average Bonchev–Trinajstić information content (AvgIpc) is 1.69. The van der Waals surface area contributed by atoms with Crippen molar-refractivity contribution in [1.82, 2.24) is 40.6 Å². The predicted octanol–water partition coefficient (Wildman–Crippen LogP) is 19.4. The zero-order chi connectivity index (χ0) is 73.6. The molecule has 16 rings (SSSR count). The summed E-state index contributed by atoms with van der Waals surface area (Å²) in [5.41, 5.74) is 10.8. The maximum Gasteiger partial charge on any atom is 0.573 e. The van der Waals surface area contributed by atoms with E-state index in [1.165, 1.54) is 24.3 Å². The Morgan fingerprint density at radius 1 is 0.383 bits per heavy atom. The van der Waals surface area contributed by atoms with Crippen molar-refractivity contribution in [1.29, 1.82) is 10.5 Å². The highest BCUT2D eigenvalue weighted by Crippen LogP contribution is 2.39. The number of alkyl halides is 3. The number of hydrogen-bond donors (Lipinski definition) is 4. The summed E-state index contributed by atoms with van der Waals surface area (Å²) in [5, 5.41) is 49.8. The van der Waals surface area contributed by atoms with E-state index in [2.05, 4.69) is 83.6 Å². The second-order valence-electron chi connectivity index (χ2n) is 22.8. The van der Waals surface area contributed by atoms with Crippen LogP contribution >= 0.6 is 0 Å². The first-order chi connectivity index (χ1) is 52.5. The monoisotopic (exact) mass is 1430 g/mol. The molecule has 27 heteroatoms. The number of anilines is 8. The van der Waals surface area contributed by atoms with Crippen LogP contribution in [0.2, 0.25) is 0 Å². The molecule has 0 amide bonds. The standard InChI is InChI=1S/C20H14F3N3O3.3C20H14N4O2/c21-20(22,23)28-15-8-6-13(7-9-15)12-27-16-4-1-5-17-18(16)19(26-29-17)25-14-3-2-10-24-11-14;21-11-14-4-1-5-15(10-14)13-25-17-7-2-8-18-19(17)20(24-26-18)23-16-6-3-9-22-12-16;1-21-16-8-3-2-6-14(16)13-25-17-9-4-10-18-19(17)20(24-26-18)23-15-7-5-11-22-12-15;21-11-14-6-8-15(9-7-14)13-25-17-4-1-5-18-19(17)20(24-26-18)23-16-3-2-10-22-12-16/h1-11H,12H2,(H,25,26);1-10,12H,13H2,(H,23,24);2-12H,13H2,(H,23,24);1-10,12H,13H2,(H,23,24). The molecule has 0 saturated heterocycles. The van der Waals surface area contributed by atoms with Gasteiger partial charge < -0.3 is 63.0 Å². The molecule has 0 atom stereocenters. The van der Waals surface area contributed by atoms with Gasteiger partial charge in [0.05, 0.1) is 77.4 Å². The maximum absolute atomic E-state index is 12.3. The van der Waals surface area contributed by atoms with E-state index in [0.29, 0.717) is 110 Å². The number of halogens is 3. The first-order valence-electron chi connectivity index (χ1n) is 32.5. The molecule has 0 aliphatic rings. The fourth-order valence-corrected chi connectivity index (χ4v) is 10.5. The molecule has 107 heavy (non-hydrogen) atoms. The Morgan fingerprint density at radius 3 is 1.11 bits per heavy atom. The van der Waals surface area contributed by atoms with Crippen molar-refractivity contribution in [2.45, 2.75) is 32.8 Å². The number of benzene rings is 8. The molecule has 0 unspecified atom stereocenters. The summed E-state index contributed by atoms with van der Waals surface area (Å²) < 4.78 is 85.9. The number of nitrogens with one attached hydrogen (secondary N) is 4. The van der Waals surface area contributed by atoms with E-state index in [1.807, 2.05) is 146 Å². The third kappa shape index (κ3) is 18.4. The number of pyridine rings is 4. The van der Waals surface area contributed by atoms with Crippen LogP contribution in [0.25, 0.3) is 48.7 Å². The summed E-state index contributed by atoms with van der Waals surface area (Å²) in [5.74, 6) is 4.35. The summed E-state index contributed by atoms with van der Waals surface area (Å²) >= 11 is 0. The van der Waals surface area contributed by atoms with Gasteiger partial charge in [-0.05, 0) is 156 Å². The van der Waals surface area contributed by atoms with Crippen LogP contribution in [0.3, 0.4) is 0 Å².